The first-order valence-corrected chi connectivity index (χ1v) is 7.08. The molecule has 1 aliphatic rings. The zero-order chi connectivity index (χ0) is 16.4. The van der Waals surface area contributed by atoms with Gasteiger partial charge >= 0.3 is 6.03 Å². The molecule has 1 heterocycles. The summed E-state index contributed by atoms with van der Waals surface area (Å²) in [5.74, 6) is 0.240. The van der Waals surface area contributed by atoms with E-state index in [-0.39, 0.29) is 17.6 Å². The van der Waals surface area contributed by atoms with Gasteiger partial charge in [-0.05, 0) is 38.5 Å². The maximum Gasteiger partial charge on any atom is 0.322 e. The molecule has 0 fully saturated rings. The van der Waals surface area contributed by atoms with Crippen molar-refractivity contribution in [2.75, 3.05) is 13.7 Å². The van der Waals surface area contributed by atoms with Gasteiger partial charge in [0.15, 0.2) is 17.3 Å². The Morgan fingerprint density at radius 2 is 2.14 bits per heavy atom. The predicted molar refractivity (Wildman–Crippen MR) is 81.7 cm³/mol. The highest BCUT2D eigenvalue weighted by molar-refractivity contribution is 5.98. The molecule has 118 valence electrons. The standard InChI is InChI=1S/C16H20N2O4/c1-5-22-13-8-11(6-7-12(13)20)15-14(10(3)19)9(2)18(4)16(21)17-15/h6-8,15,20H,5H2,1-4H3,(H,17,21)/t15-/m0/s1. The Morgan fingerprint density at radius 1 is 1.45 bits per heavy atom. The molecule has 22 heavy (non-hydrogen) atoms. The summed E-state index contributed by atoms with van der Waals surface area (Å²) in [6.07, 6.45) is 0. The zero-order valence-corrected chi connectivity index (χ0v) is 13.1. The molecule has 6 nitrogen and oxygen atoms in total. The second kappa shape index (κ2) is 6.09. The quantitative estimate of drug-likeness (QED) is 0.895. The third-order valence-electron chi connectivity index (χ3n) is 3.75. The number of phenolic OH excluding ortho intramolecular Hbond substituents is 1. The summed E-state index contributed by atoms with van der Waals surface area (Å²) in [7, 11) is 1.62. The Balaban J connectivity index is 2.52. The number of allylic oxidation sites excluding steroid dienone is 1. The number of amides is 2. The highest BCUT2D eigenvalue weighted by Crippen LogP contribution is 2.35. The van der Waals surface area contributed by atoms with E-state index in [0.29, 0.717) is 29.2 Å². The predicted octanol–water partition coefficient (Wildman–Crippen LogP) is 2.35. The first kappa shape index (κ1) is 15.9. The summed E-state index contributed by atoms with van der Waals surface area (Å²) in [6.45, 7) is 5.44. The minimum atomic E-state index is -0.555. The zero-order valence-electron chi connectivity index (χ0n) is 13.1. The van der Waals surface area contributed by atoms with Gasteiger partial charge in [-0.2, -0.15) is 0 Å². The summed E-state index contributed by atoms with van der Waals surface area (Å²) < 4.78 is 5.36. The highest BCUT2D eigenvalue weighted by atomic mass is 16.5. The van der Waals surface area contributed by atoms with Crippen molar-refractivity contribution in [2.45, 2.75) is 26.8 Å². The molecule has 1 atom stereocenters. The molecular weight excluding hydrogens is 284 g/mol. The Morgan fingerprint density at radius 3 is 2.73 bits per heavy atom. The molecule has 2 amide bonds. The molecule has 2 rings (SSSR count). The maximum atomic E-state index is 12.0. The van der Waals surface area contributed by atoms with Crippen LogP contribution < -0.4 is 10.1 Å². The lowest BCUT2D eigenvalue weighted by molar-refractivity contribution is -0.114. The van der Waals surface area contributed by atoms with Gasteiger partial charge in [0.2, 0.25) is 0 Å². The monoisotopic (exact) mass is 304 g/mol. The summed E-state index contributed by atoms with van der Waals surface area (Å²) in [4.78, 5) is 25.4. The average molecular weight is 304 g/mol. The number of urea groups is 1. The largest absolute Gasteiger partial charge is 0.504 e. The third-order valence-corrected chi connectivity index (χ3v) is 3.75. The lowest BCUT2D eigenvalue weighted by Gasteiger charge is -2.33. The van der Waals surface area contributed by atoms with Crippen LogP contribution in [0.5, 0.6) is 11.5 Å². The minimum absolute atomic E-state index is 0.0231. The summed E-state index contributed by atoms with van der Waals surface area (Å²) in [5, 5.41) is 12.6. The minimum Gasteiger partial charge on any atom is -0.504 e. The van der Waals surface area contributed by atoms with Crippen molar-refractivity contribution in [3.8, 4) is 11.5 Å². The van der Waals surface area contributed by atoms with Gasteiger partial charge in [-0.1, -0.05) is 6.07 Å². The van der Waals surface area contributed by atoms with Gasteiger partial charge in [-0.15, -0.1) is 0 Å². The van der Waals surface area contributed by atoms with E-state index in [1.807, 2.05) is 6.92 Å². The fraction of sp³-hybridized carbons (Fsp3) is 0.375. The van der Waals surface area contributed by atoms with Crippen LogP contribution in [0.15, 0.2) is 29.5 Å². The van der Waals surface area contributed by atoms with Crippen LogP contribution in [0.3, 0.4) is 0 Å². The van der Waals surface area contributed by atoms with Gasteiger partial charge in [-0.25, -0.2) is 4.79 Å². The number of ether oxygens (including phenoxy) is 1. The second-order valence-electron chi connectivity index (χ2n) is 5.16. The van der Waals surface area contributed by atoms with Gasteiger partial charge in [0, 0.05) is 18.3 Å². The SMILES string of the molecule is CCOc1cc([C@@H]2NC(=O)N(C)C(C)=C2C(C)=O)ccc1O. The number of ketones is 1. The number of hydrogen-bond donors (Lipinski definition) is 2. The molecule has 0 saturated carbocycles. The smallest absolute Gasteiger partial charge is 0.322 e. The molecule has 0 bridgehead atoms. The molecule has 0 radical (unpaired) electrons. The lowest BCUT2D eigenvalue weighted by Crippen LogP contribution is -2.45. The molecule has 0 aliphatic carbocycles. The van der Waals surface area contributed by atoms with Crippen molar-refractivity contribution in [1.82, 2.24) is 10.2 Å². The number of phenols is 1. The molecule has 1 aliphatic heterocycles. The van der Waals surface area contributed by atoms with Crippen LogP contribution in [-0.4, -0.2) is 35.5 Å². The second-order valence-corrected chi connectivity index (χ2v) is 5.16. The number of hydrogen-bond acceptors (Lipinski definition) is 4. The fourth-order valence-corrected chi connectivity index (χ4v) is 2.52. The normalized spacial score (nSPS) is 18.3. The highest BCUT2D eigenvalue weighted by Gasteiger charge is 2.32. The van der Waals surface area contributed by atoms with E-state index in [0.717, 1.165) is 0 Å². The van der Waals surface area contributed by atoms with Crippen LogP contribution in [0.4, 0.5) is 4.79 Å². The van der Waals surface area contributed by atoms with E-state index >= 15 is 0 Å². The van der Waals surface area contributed by atoms with Gasteiger partial charge < -0.3 is 20.1 Å². The van der Waals surface area contributed by atoms with E-state index in [4.69, 9.17) is 4.74 Å². The first-order valence-electron chi connectivity index (χ1n) is 7.08. The summed E-state index contributed by atoms with van der Waals surface area (Å²) in [5.41, 5.74) is 1.83. The number of aromatic hydroxyl groups is 1. The number of nitrogens with one attached hydrogen (secondary N) is 1. The van der Waals surface area contributed by atoms with Gasteiger partial charge in [0.25, 0.3) is 0 Å². The van der Waals surface area contributed by atoms with Gasteiger partial charge in [0.1, 0.15) is 0 Å². The van der Waals surface area contributed by atoms with Crippen LogP contribution in [0, 0.1) is 0 Å². The molecule has 0 unspecified atom stereocenters. The fourth-order valence-electron chi connectivity index (χ4n) is 2.52. The number of benzene rings is 1. The van der Waals surface area contributed by atoms with Crippen LogP contribution >= 0.6 is 0 Å². The van der Waals surface area contributed by atoms with Crippen LogP contribution in [0.1, 0.15) is 32.4 Å². The Labute approximate surface area is 129 Å². The van der Waals surface area contributed by atoms with Gasteiger partial charge in [-0.3, -0.25) is 4.79 Å². The van der Waals surface area contributed by atoms with Crippen LogP contribution in [-0.2, 0) is 4.79 Å². The van der Waals surface area contributed by atoms with Crippen molar-refractivity contribution in [3.63, 3.8) is 0 Å². The Hall–Kier alpha value is -2.50. The molecule has 1 aromatic rings. The van der Waals surface area contributed by atoms with Crippen molar-refractivity contribution in [1.29, 1.82) is 0 Å². The summed E-state index contributed by atoms with van der Waals surface area (Å²) >= 11 is 0. The van der Waals surface area contributed by atoms with Crippen molar-refractivity contribution < 1.29 is 19.4 Å². The topological polar surface area (TPSA) is 78.9 Å². The molecular formula is C16H20N2O4. The van der Waals surface area contributed by atoms with E-state index in [1.165, 1.54) is 17.9 Å². The van der Waals surface area contributed by atoms with Crippen molar-refractivity contribution >= 4 is 11.8 Å². The van der Waals surface area contributed by atoms with Crippen molar-refractivity contribution in [2.24, 2.45) is 0 Å². The lowest BCUT2D eigenvalue weighted by atomic mass is 9.92. The molecule has 0 saturated heterocycles. The molecule has 6 heteroatoms. The van der Waals surface area contributed by atoms with Gasteiger partial charge in [0.05, 0.1) is 12.6 Å². The molecule has 0 spiro atoms. The first-order chi connectivity index (χ1) is 10.4. The maximum absolute atomic E-state index is 12.0. The van der Waals surface area contributed by atoms with Crippen LogP contribution in [0.25, 0.3) is 0 Å². The van der Waals surface area contributed by atoms with E-state index in [1.54, 1.807) is 26.1 Å². The van der Waals surface area contributed by atoms with E-state index in [2.05, 4.69) is 5.32 Å². The Kier molecular flexibility index (Phi) is 4.40. The third kappa shape index (κ3) is 2.77. The number of carbonyl (C=O) groups is 2. The van der Waals surface area contributed by atoms with E-state index < -0.39 is 6.04 Å². The average Bonchev–Trinajstić information content (AvgIpc) is 2.46. The molecule has 1 aromatic carbocycles. The Bertz CT molecular complexity index is 652. The molecule has 0 aromatic heterocycles. The number of carbonyl (C=O) groups excluding carboxylic acids is 2. The number of Topliss-reactive ketones (excluding diaryl/α,β-unsaturated/α-hetero) is 1. The number of nitrogens with zero attached hydrogens (tertiary/aromatic N) is 1. The van der Waals surface area contributed by atoms with Crippen molar-refractivity contribution in [3.05, 3.63) is 35.0 Å². The number of rotatable bonds is 4. The van der Waals surface area contributed by atoms with Crippen LogP contribution in [0.2, 0.25) is 0 Å². The molecule has 2 N–H and O–H groups in total. The van der Waals surface area contributed by atoms with E-state index in [9.17, 15) is 14.7 Å². The summed E-state index contributed by atoms with van der Waals surface area (Å²) in [6, 6.07) is 3.98.